The number of fused-ring (bicyclic) bond motifs is 1. The van der Waals surface area contributed by atoms with Crippen molar-refractivity contribution in [2.24, 2.45) is 11.3 Å². The fourth-order valence-corrected chi connectivity index (χ4v) is 10.0. The number of sulfonamides is 2. The van der Waals surface area contributed by atoms with Gasteiger partial charge in [0.05, 0.1) is 15.4 Å². The molecule has 1 aliphatic rings. The highest BCUT2D eigenvalue weighted by Gasteiger charge is 2.42. The molecule has 2 aromatic carbocycles. The van der Waals surface area contributed by atoms with Gasteiger partial charge in [0.25, 0.3) is 20.0 Å². The number of rotatable bonds is 5. The standard InChI is InChI=1S/C27H30N2O4S3/c1-18-6-11-21(12-7-18)35(30,31)29(36(32,33)22-13-8-19(2)9-14-22)26-24(17-28)23-15-10-20(27(3,4)5)16-25(23)34-26/h6-9,11-14,20H,10,15-16H2,1-5H3/t20-/m1/s1. The van der Waals surface area contributed by atoms with Gasteiger partial charge < -0.3 is 0 Å². The zero-order valence-corrected chi connectivity index (χ0v) is 23.5. The van der Waals surface area contributed by atoms with Gasteiger partial charge in [0, 0.05) is 4.88 Å². The Morgan fingerprint density at radius 2 is 1.36 bits per heavy atom. The fourth-order valence-electron chi connectivity index (χ4n) is 4.51. The first kappa shape index (κ1) is 26.4. The van der Waals surface area contributed by atoms with Crippen LogP contribution in [0.5, 0.6) is 0 Å². The number of aryl methyl sites for hydroxylation is 2. The summed E-state index contributed by atoms with van der Waals surface area (Å²) in [6.07, 6.45) is 2.15. The van der Waals surface area contributed by atoms with Crippen molar-refractivity contribution in [2.75, 3.05) is 3.71 Å². The van der Waals surface area contributed by atoms with Crippen molar-refractivity contribution in [3.8, 4) is 6.07 Å². The number of hydrogen-bond donors (Lipinski definition) is 0. The first-order valence-corrected chi connectivity index (χ1v) is 15.4. The van der Waals surface area contributed by atoms with Crippen LogP contribution in [-0.4, -0.2) is 16.8 Å². The van der Waals surface area contributed by atoms with E-state index in [9.17, 15) is 22.1 Å². The molecule has 0 radical (unpaired) electrons. The first-order valence-electron chi connectivity index (χ1n) is 11.8. The molecule has 6 nitrogen and oxygen atoms in total. The van der Waals surface area contributed by atoms with Crippen LogP contribution in [0.3, 0.4) is 0 Å². The van der Waals surface area contributed by atoms with E-state index in [4.69, 9.17) is 0 Å². The Kier molecular flexibility index (Phi) is 6.84. The molecule has 0 unspecified atom stereocenters. The van der Waals surface area contributed by atoms with Crippen LogP contribution in [0.2, 0.25) is 0 Å². The van der Waals surface area contributed by atoms with Crippen LogP contribution < -0.4 is 3.71 Å². The third-order valence-electron chi connectivity index (χ3n) is 6.82. The van der Waals surface area contributed by atoms with Crippen molar-refractivity contribution in [3.63, 3.8) is 0 Å². The molecule has 0 bridgehead atoms. The maximum Gasteiger partial charge on any atom is 0.278 e. The Hall–Kier alpha value is -2.67. The minimum Gasteiger partial charge on any atom is -0.200 e. The molecule has 0 spiro atoms. The molecule has 0 saturated heterocycles. The first-order chi connectivity index (χ1) is 16.8. The molecule has 1 heterocycles. The second-order valence-corrected chi connectivity index (χ2v) is 15.3. The van der Waals surface area contributed by atoms with E-state index >= 15 is 0 Å². The van der Waals surface area contributed by atoms with Gasteiger partial charge in [-0.25, -0.2) is 0 Å². The third-order valence-corrected chi connectivity index (χ3v) is 12.4. The molecular formula is C27H30N2O4S3. The molecule has 0 saturated carbocycles. The zero-order valence-electron chi connectivity index (χ0n) is 21.1. The topological polar surface area (TPSA) is 95.3 Å². The summed E-state index contributed by atoms with van der Waals surface area (Å²) in [7, 11) is -9.11. The van der Waals surface area contributed by atoms with Gasteiger partial charge in [0.2, 0.25) is 0 Å². The second-order valence-electron chi connectivity index (χ2n) is 10.4. The highest BCUT2D eigenvalue weighted by molar-refractivity contribution is 8.10. The summed E-state index contributed by atoms with van der Waals surface area (Å²) < 4.78 is 56.4. The minimum absolute atomic E-state index is 0.0380. The molecule has 9 heteroatoms. The van der Waals surface area contributed by atoms with Crippen LogP contribution in [0.15, 0.2) is 58.3 Å². The van der Waals surface area contributed by atoms with Crippen LogP contribution in [0.4, 0.5) is 5.00 Å². The highest BCUT2D eigenvalue weighted by Crippen LogP contribution is 2.47. The SMILES string of the molecule is Cc1ccc(S(=O)(=O)N(c2sc3c(c2C#N)CC[C@@H](C(C)(C)C)C3)S(=O)(=O)c2ccc(C)cc2)cc1. The van der Waals surface area contributed by atoms with Crippen LogP contribution in [0.1, 0.15) is 54.3 Å². The molecule has 4 rings (SSSR count). The van der Waals surface area contributed by atoms with Crippen molar-refractivity contribution >= 4 is 36.4 Å². The normalized spacial score (nSPS) is 16.3. The Labute approximate surface area is 218 Å². The van der Waals surface area contributed by atoms with Crippen LogP contribution in [0.25, 0.3) is 0 Å². The monoisotopic (exact) mass is 542 g/mol. The maximum absolute atomic E-state index is 14.0. The molecule has 0 N–H and O–H groups in total. The van der Waals surface area contributed by atoms with Crippen molar-refractivity contribution in [1.29, 1.82) is 5.26 Å². The molecule has 1 aromatic heterocycles. The van der Waals surface area contributed by atoms with Crippen LogP contribution in [0, 0.1) is 36.5 Å². The lowest BCUT2D eigenvalue weighted by molar-refractivity contribution is 0.218. The number of hydrogen-bond acceptors (Lipinski definition) is 6. The van der Waals surface area contributed by atoms with E-state index < -0.39 is 20.0 Å². The van der Waals surface area contributed by atoms with E-state index in [0.29, 0.717) is 22.5 Å². The average Bonchev–Trinajstić information content (AvgIpc) is 3.15. The van der Waals surface area contributed by atoms with Gasteiger partial charge in [-0.2, -0.15) is 22.1 Å². The van der Waals surface area contributed by atoms with E-state index in [1.54, 1.807) is 24.3 Å². The summed E-state index contributed by atoms with van der Waals surface area (Å²) in [4.78, 5) is 0.592. The molecule has 0 aliphatic heterocycles. The Morgan fingerprint density at radius 1 is 0.889 bits per heavy atom. The van der Waals surface area contributed by atoms with E-state index in [0.717, 1.165) is 39.3 Å². The number of nitrogens with zero attached hydrogens (tertiary/aromatic N) is 2. The Bertz CT molecular complexity index is 1460. The van der Waals surface area contributed by atoms with Gasteiger partial charge in [-0.3, -0.25) is 0 Å². The largest absolute Gasteiger partial charge is 0.278 e. The van der Waals surface area contributed by atoms with Gasteiger partial charge in [-0.1, -0.05) is 56.2 Å². The fraction of sp³-hybridized carbons (Fsp3) is 0.370. The zero-order chi connectivity index (χ0) is 26.5. The lowest BCUT2D eigenvalue weighted by Gasteiger charge is -2.33. The summed E-state index contributed by atoms with van der Waals surface area (Å²) in [5.74, 6) is 0.346. The Morgan fingerprint density at radius 3 is 1.78 bits per heavy atom. The molecule has 190 valence electrons. The van der Waals surface area contributed by atoms with Crippen molar-refractivity contribution < 1.29 is 16.8 Å². The van der Waals surface area contributed by atoms with Crippen LogP contribution in [-0.2, 0) is 32.9 Å². The molecule has 1 aliphatic carbocycles. The number of thiophene rings is 1. The Balaban J connectivity index is 1.97. The van der Waals surface area contributed by atoms with E-state index in [2.05, 4.69) is 26.8 Å². The lowest BCUT2D eigenvalue weighted by atomic mass is 9.72. The average molecular weight is 543 g/mol. The predicted molar refractivity (Wildman–Crippen MR) is 143 cm³/mol. The number of benzene rings is 2. The summed E-state index contributed by atoms with van der Waals surface area (Å²) in [5.41, 5.74) is 2.63. The number of nitriles is 1. The summed E-state index contributed by atoms with van der Waals surface area (Å²) >= 11 is 1.11. The molecule has 36 heavy (non-hydrogen) atoms. The van der Waals surface area contributed by atoms with Gasteiger partial charge in [-0.15, -0.1) is 15.0 Å². The van der Waals surface area contributed by atoms with Crippen LogP contribution >= 0.6 is 11.3 Å². The molecule has 3 aromatic rings. The maximum atomic E-state index is 14.0. The quantitative estimate of drug-likeness (QED) is 0.396. The van der Waals surface area contributed by atoms with Gasteiger partial charge in [-0.05, 0) is 74.3 Å². The third kappa shape index (κ3) is 4.70. The lowest BCUT2D eigenvalue weighted by Crippen LogP contribution is -2.37. The number of anilines is 1. The highest BCUT2D eigenvalue weighted by atomic mass is 32.3. The minimum atomic E-state index is -4.56. The molecule has 0 amide bonds. The van der Waals surface area contributed by atoms with Crippen molar-refractivity contribution in [2.45, 2.75) is 63.7 Å². The summed E-state index contributed by atoms with van der Waals surface area (Å²) in [5, 5.41) is 10.1. The summed E-state index contributed by atoms with van der Waals surface area (Å²) in [6, 6.07) is 14.3. The van der Waals surface area contributed by atoms with Crippen molar-refractivity contribution in [1.82, 2.24) is 0 Å². The van der Waals surface area contributed by atoms with Gasteiger partial charge in [0.1, 0.15) is 11.1 Å². The van der Waals surface area contributed by atoms with Crippen molar-refractivity contribution in [3.05, 3.63) is 75.7 Å². The molecule has 0 fully saturated rings. The molecular weight excluding hydrogens is 513 g/mol. The second kappa shape index (κ2) is 9.33. The van der Waals surface area contributed by atoms with Gasteiger partial charge >= 0.3 is 0 Å². The van der Waals surface area contributed by atoms with E-state index in [1.807, 2.05) is 13.8 Å². The molecule has 1 atom stereocenters. The summed E-state index contributed by atoms with van der Waals surface area (Å²) in [6.45, 7) is 10.1. The smallest absolute Gasteiger partial charge is 0.200 e. The predicted octanol–water partition coefficient (Wildman–Crippen LogP) is 5.97. The van der Waals surface area contributed by atoms with E-state index in [-0.39, 0.29) is 25.8 Å². The van der Waals surface area contributed by atoms with E-state index in [1.165, 1.54) is 24.3 Å². The van der Waals surface area contributed by atoms with Gasteiger partial charge in [0.15, 0.2) is 0 Å².